The third-order valence-electron chi connectivity index (χ3n) is 5.68. The zero-order valence-electron chi connectivity index (χ0n) is 19.2. The molecule has 2 heterocycles. The summed E-state index contributed by atoms with van der Waals surface area (Å²) in [4.78, 5) is 39.3. The quantitative estimate of drug-likeness (QED) is 0.580. The van der Waals surface area contributed by atoms with Gasteiger partial charge in [0.1, 0.15) is 18.3 Å². The van der Waals surface area contributed by atoms with Gasteiger partial charge in [0.25, 0.3) is 5.91 Å². The van der Waals surface area contributed by atoms with Crippen LogP contribution in [0.15, 0.2) is 60.9 Å². The van der Waals surface area contributed by atoms with Crippen molar-refractivity contribution in [2.45, 2.75) is 32.4 Å². The van der Waals surface area contributed by atoms with Gasteiger partial charge in [-0.05, 0) is 50.1 Å². The normalized spacial score (nSPS) is 19.1. The summed E-state index contributed by atoms with van der Waals surface area (Å²) in [5.74, 6) is -0.283. The first-order valence-electron chi connectivity index (χ1n) is 11.3. The van der Waals surface area contributed by atoms with Gasteiger partial charge >= 0.3 is 5.97 Å². The number of hydrazine groups is 1. The number of hydrogen-bond acceptors (Lipinski definition) is 7. The minimum atomic E-state index is -0.514. The van der Waals surface area contributed by atoms with Crippen molar-refractivity contribution < 1.29 is 23.9 Å². The topological polar surface area (TPSA) is 100 Å². The van der Waals surface area contributed by atoms with Crippen molar-refractivity contribution >= 4 is 23.5 Å². The number of nitrogens with zero attached hydrogens (tertiary/aromatic N) is 2. The van der Waals surface area contributed by atoms with Crippen molar-refractivity contribution in [2.75, 3.05) is 25.1 Å². The van der Waals surface area contributed by atoms with Crippen LogP contribution in [0.4, 0.5) is 5.69 Å². The number of amides is 2. The largest absolute Gasteiger partial charge is 0.494 e. The van der Waals surface area contributed by atoms with Crippen molar-refractivity contribution in [3.8, 4) is 5.75 Å². The predicted molar refractivity (Wildman–Crippen MR) is 126 cm³/mol. The molecule has 0 bridgehead atoms. The molecule has 178 valence electrons. The fraction of sp³-hybridized carbons (Fsp3) is 0.320. The molecule has 2 aromatic carbocycles. The Balaban J connectivity index is 1.38. The number of anilines is 1. The Labute approximate surface area is 198 Å². The van der Waals surface area contributed by atoms with Gasteiger partial charge in [-0.15, -0.1) is 0 Å². The molecule has 0 radical (unpaired) electrons. The lowest BCUT2D eigenvalue weighted by Gasteiger charge is -2.31. The third-order valence-corrected chi connectivity index (χ3v) is 5.68. The lowest BCUT2D eigenvalue weighted by atomic mass is 10.0. The van der Waals surface area contributed by atoms with E-state index in [2.05, 4.69) is 10.7 Å². The molecule has 2 unspecified atom stereocenters. The molecular formula is C25H28N4O5. The van der Waals surface area contributed by atoms with Crippen LogP contribution in [0, 0.1) is 0 Å². The number of fused-ring (bicyclic) bond motifs is 1. The Morgan fingerprint density at radius 1 is 1.06 bits per heavy atom. The minimum Gasteiger partial charge on any atom is -0.494 e. The molecular weight excluding hydrogens is 436 g/mol. The van der Waals surface area contributed by atoms with Gasteiger partial charge in [-0.3, -0.25) is 9.59 Å². The molecule has 1 fully saturated rings. The zero-order valence-corrected chi connectivity index (χ0v) is 19.2. The highest BCUT2D eigenvalue weighted by atomic mass is 16.5. The molecule has 2 amide bonds. The molecule has 2 aliphatic rings. The van der Waals surface area contributed by atoms with Gasteiger partial charge < -0.3 is 24.7 Å². The van der Waals surface area contributed by atoms with Crippen molar-refractivity contribution in [3.05, 3.63) is 72.1 Å². The summed E-state index contributed by atoms with van der Waals surface area (Å²) in [6.07, 6.45) is 3.92. The lowest BCUT2D eigenvalue weighted by molar-refractivity contribution is -0.137. The molecule has 0 spiro atoms. The molecule has 0 saturated carbocycles. The maximum atomic E-state index is 13.1. The first-order chi connectivity index (χ1) is 16.5. The highest BCUT2D eigenvalue weighted by molar-refractivity contribution is 6.02. The number of rotatable bonds is 8. The molecule has 2 N–H and O–H groups in total. The Morgan fingerprint density at radius 2 is 1.82 bits per heavy atom. The molecule has 1 saturated heterocycles. The molecule has 0 aliphatic carbocycles. The highest BCUT2D eigenvalue weighted by Gasteiger charge is 2.40. The van der Waals surface area contributed by atoms with E-state index in [1.165, 1.54) is 4.90 Å². The van der Waals surface area contributed by atoms with E-state index in [0.29, 0.717) is 18.7 Å². The minimum absolute atomic E-state index is 0.0282. The van der Waals surface area contributed by atoms with Crippen LogP contribution in [-0.2, 0) is 14.3 Å². The SMILES string of the molecule is CCOC(=O)c1ccccc1NC(=O)CN1C=CN2NC(c3ccc(OCC)cc3)CC2C1=O. The van der Waals surface area contributed by atoms with Crippen LogP contribution in [0.25, 0.3) is 0 Å². The number of hydrogen-bond donors (Lipinski definition) is 2. The molecule has 4 rings (SSSR count). The zero-order chi connectivity index (χ0) is 24.1. The maximum Gasteiger partial charge on any atom is 0.340 e. The first-order valence-corrected chi connectivity index (χ1v) is 11.3. The summed E-state index contributed by atoms with van der Waals surface area (Å²) < 4.78 is 10.5. The van der Waals surface area contributed by atoms with E-state index < -0.39 is 17.9 Å². The summed E-state index contributed by atoms with van der Waals surface area (Å²) in [5.41, 5.74) is 5.01. The van der Waals surface area contributed by atoms with Gasteiger partial charge in [0.05, 0.1) is 30.5 Å². The van der Waals surface area contributed by atoms with Crippen LogP contribution in [-0.4, -0.2) is 53.5 Å². The van der Waals surface area contributed by atoms with E-state index in [9.17, 15) is 14.4 Å². The van der Waals surface area contributed by atoms with E-state index in [-0.39, 0.29) is 30.7 Å². The molecule has 2 aromatic rings. The summed E-state index contributed by atoms with van der Waals surface area (Å²) in [6, 6.07) is 14.0. The average Bonchev–Trinajstić information content (AvgIpc) is 3.27. The molecule has 2 atom stereocenters. The lowest BCUT2D eigenvalue weighted by Crippen LogP contribution is -2.49. The van der Waals surface area contributed by atoms with Gasteiger partial charge in [0.2, 0.25) is 5.91 Å². The average molecular weight is 465 g/mol. The number of nitrogens with one attached hydrogen (secondary N) is 2. The Morgan fingerprint density at radius 3 is 2.56 bits per heavy atom. The Kier molecular flexibility index (Phi) is 7.12. The number of para-hydroxylation sites is 1. The highest BCUT2D eigenvalue weighted by Crippen LogP contribution is 2.31. The van der Waals surface area contributed by atoms with Gasteiger partial charge in [0, 0.05) is 12.4 Å². The van der Waals surface area contributed by atoms with E-state index >= 15 is 0 Å². The van der Waals surface area contributed by atoms with E-state index in [1.807, 2.05) is 31.2 Å². The molecule has 34 heavy (non-hydrogen) atoms. The predicted octanol–water partition coefficient (Wildman–Crippen LogP) is 2.83. The van der Waals surface area contributed by atoms with Crippen LogP contribution in [0.1, 0.15) is 42.2 Å². The second kappa shape index (κ2) is 10.4. The number of benzene rings is 2. The number of ether oxygens (including phenoxy) is 2. The van der Waals surface area contributed by atoms with E-state index in [4.69, 9.17) is 9.47 Å². The Bertz CT molecular complexity index is 1080. The fourth-order valence-electron chi connectivity index (χ4n) is 4.07. The van der Waals surface area contributed by atoms with Crippen LogP contribution >= 0.6 is 0 Å². The number of carbonyl (C=O) groups is 3. The van der Waals surface area contributed by atoms with Crippen LogP contribution < -0.4 is 15.5 Å². The molecule has 2 aliphatic heterocycles. The summed E-state index contributed by atoms with van der Waals surface area (Å²) in [5, 5.41) is 4.50. The Hall–Kier alpha value is -3.85. The first kappa shape index (κ1) is 23.3. The van der Waals surface area contributed by atoms with Crippen molar-refractivity contribution in [3.63, 3.8) is 0 Å². The van der Waals surface area contributed by atoms with Gasteiger partial charge in [-0.25, -0.2) is 10.2 Å². The van der Waals surface area contributed by atoms with Crippen molar-refractivity contribution in [1.29, 1.82) is 0 Å². The fourth-order valence-corrected chi connectivity index (χ4v) is 4.07. The standard InChI is InChI=1S/C25H28N4O5/c1-3-33-18-11-9-17(10-12-18)21-15-22-24(31)28(13-14-29(22)27-21)16-23(30)26-20-8-6-5-7-19(20)25(32)34-4-2/h5-14,21-22,27H,3-4,15-16H2,1-2H3,(H,26,30). The van der Waals surface area contributed by atoms with E-state index in [0.717, 1.165) is 11.3 Å². The van der Waals surface area contributed by atoms with Crippen LogP contribution in [0.2, 0.25) is 0 Å². The second-order valence-corrected chi connectivity index (χ2v) is 7.92. The monoisotopic (exact) mass is 464 g/mol. The molecule has 0 aromatic heterocycles. The summed E-state index contributed by atoms with van der Waals surface area (Å²) in [6.45, 7) is 4.33. The number of esters is 1. The smallest absolute Gasteiger partial charge is 0.340 e. The van der Waals surface area contributed by atoms with Crippen LogP contribution in [0.5, 0.6) is 5.75 Å². The number of carbonyl (C=O) groups excluding carboxylic acids is 3. The maximum absolute atomic E-state index is 13.1. The van der Waals surface area contributed by atoms with Crippen molar-refractivity contribution in [2.24, 2.45) is 0 Å². The second-order valence-electron chi connectivity index (χ2n) is 7.92. The van der Waals surface area contributed by atoms with Crippen molar-refractivity contribution in [1.82, 2.24) is 15.3 Å². The van der Waals surface area contributed by atoms with Gasteiger partial charge in [-0.2, -0.15) is 0 Å². The van der Waals surface area contributed by atoms with Gasteiger partial charge in [0.15, 0.2) is 0 Å². The molecule has 9 heteroatoms. The third kappa shape index (κ3) is 5.04. The summed E-state index contributed by atoms with van der Waals surface area (Å²) in [7, 11) is 0. The summed E-state index contributed by atoms with van der Waals surface area (Å²) >= 11 is 0. The molecule has 9 nitrogen and oxygen atoms in total. The van der Waals surface area contributed by atoms with Gasteiger partial charge in [-0.1, -0.05) is 24.3 Å². The van der Waals surface area contributed by atoms with E-state index in [1.54, 1.807) is 48.6 Å². The van der Waals surface area contributed by atoms with Crippen LogP contribution in [0.3, 0.4) is 0 Å².